The van der Waals surface area contributed by atoms with E-state index in [1.807, 2.05) is 6.07 Å². The summed E-state index contributed by atoms with van der Waals surface area (Å²) in [7, 11) is 1.31. The number of hydrogen-bond acceptors (Lipinski definition) is 6. The van der Waals surface area contributed by atoms with Gasteiger partial charge < -0.3 is 20.8 Å². The fourth-order valence-electron chi connectivity index (χ4n) is 3.26. The number of benzene rings is 3. The van der Waals surface area contributed by atoms with Crippen LogP contribution in [0.4, 0.5) is 24.5 Å². The maximum absolute atomic E-state index is 15.3. The lowest BCUT2D eigenvalue weighted by Crippen LogP contribution is -2.28. The first-order valence-corrected chi connectivity index (χ1v) is 10.4. The van der Waals surface area contributed by atoms with Crippen molar-refractivity contribution in [1.82, 2.24) is 15.3 Å². The number of nitrogens with two attached hydrogens (primary N) is 1. The normalized spacial score (nSPS) is 10.9. The first-order valence-electron chi connectivity index (χ1n) is 9.55. The van der Waals surface area contributed by atoms with Gasteiger partial charge in [0.15, 0.2) is 11.6 Å². The van der Waals surface area contributed by atoms with Crippen molar-refractivity contribution in [3.05, 3.63) is 71.8 Å². The number of hydrogen-bond donors (Lipinski definition) is 5. The molecule has 0 unspecified atom stereocenters. The lowest BCUT2D eigenvalue weighted by atomic mass is 9.98. The fraction of sp³-hybridized carbons (Fsp3) is 0.0455. The van der Waals surface area contributed by atoms with Crippen molar-refractivity contribution >= 4 is 46.0 Å². The Balaban J connectivity index is 1.70. The summed E-state index contributed by atoms with van der Waals surface area (Å²) in [5, 5.41) is 10.1. The number of amides is 1. The maximum Gasteiger partial charge on any atom is 0.269 e. The highest BCUT2D eigenvalue weighted by molar-refractivity contribution is 8.00. The third kappa shape index (κ3) is 3.98. The highest BCUT2D eigenvalue weighted by Gasteiger charge is 2.23. The number of nitrogen functional groups attached to an aromatic ring is 1. The summed E-state index contributed by atoms with van der Waals surface area (Å²) in [5.41, 5.74) is 4.78. The zero-order chi connectivity index (χ0) is 23.7. The van der Waals surface area contributed by atoms with Crippen LogP contribution in [0.25, 0.3) is 22.2 Å². The van der Waals surface area contributed by atoms with Crippen molar-refractivity contribution in [2.45, 2.75) is 4.90 Å². The number of aromatic nitrogens is 2. The number of aromatic amines is 1. The summed E-state index contributed by atoms with van der Waals surface area (Å²) in [5.74, 6) is -3.93. The van der Waals surface area contributed by atoms with E-state index in [-0.39, 0.29) is 11.3 Å². The summed E-state index contributed by atoms with van der Waals surface area (Å²) >= 11 is 1.07. The predicted octanol–water partition coefficient (Wildman–Crippen LogP) is 4.46. The second-order valence-electron chi connectivity index (χ2n) is 6.89. The molecule has 0 saturated heterocycles. The molecular weight excluding hydrogens is 453 g/mol. The summed E-state index contributed by atoms with van der Waals surface area (Å²) in [6.45, 7) is 0. The van der Waals surface area contributed by atoms with E-state index in [0.29, 0.717) is 10.4 Å². The maximum atomic E-state index is 15.3. The van der Waals surface area contributed by atoms with Crippen molar-refractivity contribution < 1.29 is 18.0 Å². The number of likely N-dealkylation sites (N-methyl/N-ethyl adjacent to an activating group) is 1. The van der Waals surface area contributed by atoms with Gasteiger partial charge in [-0.1, -0.05) is 12.1 Å². The number of carbonyl (C=O) groups excluding carboxylic acids is 1. The van der Waals surface area contributed by atoms with Gasteiger partial charge in [0.2, 0.25) is 0 Å². The Morgan fingerprint density at radius 1 is 1.12 bits per heavy atom. The zero-order valence-electron chi connectivity index (χ0n) is 17.1. The van der Waals surface area contributed by atoms with Gasteiger partial charge in [0, 0.05) is 18.2 Å². The average Bonchev–Trinajstić information content (AvgIpc) is 3.30. The molecule has 0 fully saturated rings. The van der Waals surface area contributed by atoms with Gasteiger partial charge in [-0.05, 0) is 42.3 Å². The lowest BCUT2D eigenvalue weighted by molar-refractivity contribution is -0.114. The van der Waals surface area contributed by atoms with Crippen LogP contribution in [-0.4, -0.2) is 28.6 Å². The highest BCUT2D eigenvalue weighted by atomic mass is 32.2. The zero-order valence-corrected chi connectivity index (χ0v) is 17.9. The minimum atomic E-state index is -1.13. The van der Waals surface area contributed by atoms with Crippen LogP contribution in [0.2, 0.25) is 0 Å². The summed E-state index contributed by atoms with van der Waals surface area (Å²) in [6.07, 6.45) is 1.53. The van der Waals surface area contributed by atoms with Crippen molar-refractivity contribution in [1.29, 1.82) is 5.41 Å². The number of nitrogens with zero attached hydrogens (tertiary/aromatic N) is 1. The van der Waals surface area contributed by atoms with Crippen molar-refractivity contribution in [3.63, 3.8) is 0 Å². The summed E-state index contributed by atoms with van der Waals surface area (Å²) in [4.78, 5) is 19.6. The van der Waals surface area contributed by atoms with Gasteiger partial charge in [0.1, 0.15) is 17.0 Å². The molecule has 6 N–H and O–H groups in total. The number of imidazole rings is 1. The van der Waals surface area contributed by atoms with Crippen LogP contribution in [0.15, 0.2) is 53.7 Å². The van der Waals surface area contributed by atoms with Gasteiger partial charge in [-0.15, -0.1) is 0 Å². The van der Waals surface area contributed by atoms with Crippen LogP contribution in [0, 0.1) is 22.9 Å². The molecule has 0 radical (unpaired) electrons. The molecule has 0 aliphatic heterocycles. The molecule has 0 aliphatic carbocycles. The van der Waals surface area contributed by atoms with Crippen molar-refractivity contribution in [2.75, 3.05) is 17.5 Å². The first kappa shape index (κ1) is 22.2. The van der Waals surface area contributed by atoms with Gasteiger partial charge in [-0.3, -0.25) is 10.2 Å². The number of halogens is 3. The minimum Gasteiger partial charge on any atom is -0.396 e. The molecule has 0 saturated carbocycles. The molecule has 0 atom stereocenters. The van der Waals surface area contributed by atoms with E-state index in [1.54, 1.807) is 12.1 Å². The third-order valence-electron chi connectivity index (χ3n) is 4.95. The molecule has 1 amide bonds. The summed E-state index contributed by atoms with van der Waals surface area (Å²) < 4.78 is 47.7. The molecule has 4 rings (SSSR count). The number of anilines is 2. The Bertz CT molecular complexity index is 1400. The molecule has 0 aliphatic rings. The largest absolute Gasteiger partial charge is 0.396 e. The smallest absolute Gasteiger partial charge is 0.269 e. The van der Waals surface area contributed by atoms with E-state index >= 15 is 8.78 Å². The van der Waals surface area contributed by atoms with E-state index in [9.17, 15) is 9.18 Å². The van der Waals surface area contributed by atoms with E-state index in [0.717, 1.165) is 29.6 Å². The van der Waals surface area contributed by atoms with E-state index in [4.69, 9.17) is 11.1 Å². The average molecular weight is 470 g/mol. The van der Waals surface area contributed by atoms with Crippen LogP contribution >= 0.6 is 11.9 Å². The number of para-hydroxylation sites is 1. The Morgan fingerprint density at radius 2 is 1.91 bits per heavy atom. The summed E-state index contributed by atoms with van der Waals surface area (Å²) in [6, 6.07) is 9.88. The van der Waals surface area contributed by atoms with E-state index in [2.05, 4.69) is 20.0 Å². The Kier molecular flexibility index (Phi) is 5.97. The first-order chi connectivity index (χ1) is 15.8. The van der Waals surface area contributed by atoms with Crippen LogP contribution in [0.1, 0.15) is 5.56 Å². The SMILES string of the molecule is CNC(=O)C(=N)c1ccc(-c2c(F)ccc(NSc3cccc4[nH]cnc34)c2F)c(F)c1N. The monoisotopic (exact) mass is 470 g/mol. The number of fused-ring (bicyclic) bond motifs is 1. The molecule has 168 valence electrons. The van der Waals surface area contributed by atoms with E-state index < -0.39 is 45.9 Å². The van der Waals surface area contributed by atoms with Crippen molar-refractivity contribution in [2.24, 2.45) is 0 Å². The minimum absolute atomic E-state index is 0.0795. The lowest BCUT2D eigenvalue weighted by Gasteiger charge is -2.14. The van der Waals surface area contributed by atoms with Crippen LogP contribution in [0.5, 0.6) is 0 Å². The van der Waals surface area contributed by atoms with Gasteiger partial charge >= 0.3 is 0 Å². The Morgan fingerprint density at radius 3 is 2.67 bits per heavy atom. The molecule has 1 heterocycles. The standard InChI is InChI=1S/C22H17F3N6OS/c1-28-22(32)20(27)11-6-5-10(17(24)19(11)26)16-12(23)7-8-13(18(16)25)31-33-15-4-2-3-14-21(15)30-9-29-14/h2-9,27,31H,26H2,1H3,(H,28,32)(H,29,30). The molecule has 0 spiro atoms. The topological polar surface area (TPSA) is 120 Å². The number of nitrogens with one attached hydrogen (secondary N) is 4. The van der Waals surface area contributed by atoms with Gasteiger partial charge in [0.25, 0.3) is 5.91 Å². The number of carbonyl (C=O) groups is 1. The third-order valence-corrected chi connectivity index (χ3v) is 5.82. The number of H-pyrrole nitrogens is 1. The molecule has 33 heavy (non-hydrogen) atoms. The molecule has 11 heteroatoms. The molecule has 3 aromatic carbocycles. The van der Waals surface area contributed by atoms with Crippen LogP contribution in [-0.2, 0) is 4.79 Å². The van der Waals surface area contributed by atoms with E-state index in [1.165, 1.54) is 25.5 Å². The fourth-order valence-corrected chi connectivity index (χ4v) is 4.04. The van der Waals surface area contributed by atoms with Gasteiger partial charge in [-0.25, -0.2) is 18.2 Å². The molecule has 0 bridgehead atoms. The van der Waals surface area contributed by atoms with Gasteiger partial charge in [0.05, 0.1) is 33.7 Å². The van der Waals surface area contributed by atoms with Crippen LogP contribution < -0.4 is 15.8 Å². The Labute approximate surface area is 190 Å². The van der Waals surface area contributed by atoms with Gasteiger partial charge in [-0.2, -0.15) is 0 Å². The predicted molar refractivity (Wildman–Crippen MR) is 123 cm³/mol. The second kappa shape index (κ2) is 8.87. The molecule has 7 nitrogen and oxygen atoms in total. The van der Waals surface area contributed by atoms with Crippen LogP contribution in [0.3, 0.4) is 0 Å². The molecule has 1 aromatic heterocycles. The molecule has 4 aromatic rings. The Hall–Kier alpha value is -3.99. The highest BCUT2D eigenvalue weighted by Crippen LogP contribution is 2.37. The quantitative estimate of drug-likeness (QED) is 0.162. The molecular formula is C22H17F3N6OS. The van der Waals surface area contributed by atoms with Crippen molar-refractivity contribution in [3.8, 4) is 11.1 Å². The number of rotatable bonds is 6. The second-order valence-corrected chi connectivity index (χ2v) is 7.73.